The molecule has 86 valence electrons. The van der Waals surface area contributed by atoms with Crippen LogP contribution < -0.4 is 15.1 Å². The van der Waals surface area contributed by atoms with Gasteiger partial charge in [0.15, 0.2) is 16.7 Å². The first-order chi connectivity index (χ1) is 8.22. The first-order valence-electron chi connectivity index (χ1n) is 4.93. The third-order valence-electron chi connectivity index (χ3n) is 2.45. The maximum absolute atomic E-state index is 11.2. The minimum atomic E-state index is -0.481. The van der Waals surface area contributed by atoms with Gasteiger partial charge in [0.25, 0.3) is 0 Å². The molecule has 0 amide bonds. The maximum Gasteiger partial charge on any atom is 0.337 e. The molecule has 0 spiro atoms. The number of rotatable bonds is 1. The van der Waals surface area contributed by atoms with Crippen molar-refractivity contribution in [1.82, 2.24) is 0 Å². The molecule has 17 heavy (non-hydrogen) atoms. The van der Waals surface area contributed by atoms with Crippen molar-refractivity contribution in [3.63, 3.8) is 0 Å². The van der Waals surface area contributed by atoms with Gasteiger partial charge in [-0.1, -0.05) is 6.07 Å². The molecule has 1 aliphatic rings. The van der Waals surface area contributed by atoms with Crippen molar-refractivity contribution in [1.29, 1.82) is 0 Å². The second-order valence-corrected chi connectivity index (χ2v) is 3.91. The summed E-state index contributed by atoms with van der Waals surface area (Å²) in [7, 11) is 0. The molecule has 0 unspecified atom stereocenters. The van der Waals surface area contributed by atoms with E-state index in [2.05, 4.69) is 4.42 Å². The molecular formula is C12H7ClO4. The van der Waals surface area contributed by atoms with Gasteiger partial charge in [-0.15, -0.1) is 0 Å². The number of hydrogen-bond donors (Lipinski definition) is 0. The van der Waals surface area contributed by atoms with Crippen molar-refractivity contribution in [2.75, 3.05) is 6.79 Å². The normalized spacial score (nSPS) is 12.8. The molecule has 0 radical (unpaired) electrons. The van der Waals surface area contributed by atoms with Crippen LogP contribution >= 0.6 is 11.6 Å². The average molecular weight is 251 g/mol. The Morgan fingerprint density at radius 3 is 2.65 bits per heavy atom. The standard InChI is InChI=1S/C12H7ClO4/c13-11-4-8(5-12(14)17-11)7-1-2-9-10(3-7)16-6-15-9/h1-5H,6H2. The van der Waals surface area contributed by atoms with Gasteiger partial charge in [0, 0.05) is 12.1 Å². The van der Waals surface area contributed by atoms with E-state index in [9.17, 15) is 4.79 Å². The monoisotopic (exact) mass is 250 g/mol. The van der Waals surface area contributed by atoms with Crippen LogP contribution in [-0.4, -0.2) is 6.79 Å². The topological polar surface area (TPSA) is 48.7 Å². The quantitative estimate of drug-likeness (QED) is 0.781. The third-order valence-corrected chi connectivity index (χ3v) is 2.63. The molecule has 0 saturated carbocycles. The van der Waals surface area contributed by atoms with E-state index in [-0.39, 0.29) is 12.0 Å². The Hall–Kier alpha value is -1.94. The van der Waals surface area contributed by atoms with E-state index in [1.165, 1.54) is 6.07 Å². The van der Waals surface area contributed by atoms with Gasteiger partial charge in [-0.25, -0.2) is 4.79 Å². The summed E-state index contributed by atoms with van der Waals surface area (Å²) in [5.74, 6) is 1.36. The molecule has 0 saturated heterocycles. The highest BCUT2D eigenvalue weighted by Gasteiger charge is 2.14. The fourth-order valence-electron chi connectivity index (χ4n) is 1.69. The largest absolute Gasteiger partial charge is 0.454 e. The zero-order valence-corrected chi connectivity index (χ0v) is 9.36. The number of halogens is 1. The lowest BCUT2D eigenvalue weighted by atomic mass is 10.1. The summed E-state index contributed by atoms with van der Waals surface area (Å²) in [6, 6.07) is 8.39. The minimum absolute atomic E-state index is 0.0603. The Kier molecular flexibility index (Phi) is 2.30. The molecule has 4 nitrogen and oxygen atoms in total. The first kappa shape index (κ1) is 10.2. The number of fused-ring (bicyclic) bond motifs is 1. The Morgan fingerprint density at radius 2 is 1.82 bits per heavy atom. The molecule has 1 aromatic heterocycles. The fraction of sp³-hybridized carbons (Fsp3) is 0.0833. The van der Waals surface area contributed by atoms with E-state index in [0.717, 1.165) is 5.56 Å². The van der Waals surface area contributed by atoms with Crippen molar-refractivity contribution in [2.45, 2.75) is 0 Å². The predicted octanol–water partition coefficient (Wildman–Crippen LogP) is 2.69. The van der Waals surface area contributed by atoms with Crippen LogP contribution in [0.1, 0.15) is 0 Å². The van der Waals surface area contributed by atoms with Crippen molar-refractivity contribution in [3.05, 3.63) is 46.0 Å². The van der Waals surface area contributed by atoms with Gasteiger partial charge in [-0.05, 0) is 34.9 Å². The van der Waals surface area contributed by atoms with Gasteiger partial charge in [0.1, 0.15) is 0 Å². The van der Waals surface area contributed by atoms with E-state index in [0.29, 0.717) is 17.1 Å². The zero-order chi connectivity index (χ0) is 11.8. The van der Waals surface area contributed by atoms with Crippen LogP contribution in [0.4, 0.5) is 0 Å². The Bertz CT molecular complexity index is 633. The summed E-state index contributed by atoms with van der Waals surface area (Å²) in [6.07, 6.45) is 0. The molecule has 0 aliphatic carbocycles. The van der Waals surface area contributed by atoms with Crippen LogP contribution in [0.3, 0.4) is 0 Å². The molecule has 0 fully saturated rings. The van der Waals surface area contributed by atoms with Gasteiger partial charge in [-0.2, -0.15) is 0 Å². The second-order valence-electron chi connectivity index (χ2n) is 3.54. The van der Waals surface area contributed by atoms with E-state index in [4.69, 9.17) is 21.1 Å². The molecule has 1 aliphatic heterocycles. The highest BCUT2D eigenvalue weighted by molar-refractivity contribution is 6.29. The molecule has 5 heteroatoms. The Morgan fingerprint density at radius 1 is 1.00 bits per heavy atom. The molecule has 0 atom stereocenters. The fourth-order valence-corrected chi connectivity index (χ4v) is 1.88. The van der Waals surface area contributed by atoms with Gasteiger partial charge in [0.05, 0.1) is 0 Å². The predicted molar refractivity (Wildman–Crippen MR) is 61.5 cm³/mol. The van der Waals surface area contributed by atoms with Crippen LogP contribution in [0.2, 0.25) is 5.22 Å². The molecular weight excluding hydrogens is 244 g/mol. The van der Waals surface area contributed by atoms with E-state index >= 15 is 0 Å². The highest BCUT2D eigenvalue weighted by atomic mass is 35.5. The van der Waals surface area contributed by atoms with Crippen LogP contribution in [0.25, 0.3) is 11.1 Å². The SMILES string of the molecule is O=c1cc(-c2ccc3c(c2)OCO3)cc(Cl)o1. The lowest BCUT2D eigenvalue weighted by Crippen LogP contribution is -1.96. The number of ether oxygens (including phenoxy) is 2. The summed E-state index contributed by atoms with van der Waals surface area (Å²) >= 11 is 5.69. The van der Waals surface area contributed by atoms with Gasteiger partial charge < -0.3 is 13.9 Å². The van der Waals surface area contributed by atoms with Gasteiger partial charge in [0.2, 0.25) is 6.79 Å². The van der Waals surface area contributed by atoms with Crippen LogP contribution in [-0.2, 0) is 0 Å². The van der Waals surface area contributed by atoms with Gasteiger partial charge in [-0.3, -0.25) is 0 Å². The average Bonchev–Trinajstić information content (AvgIpc) is 2.74. The minimum Gasteiger partial charge on any atom is -0.454 e. The number of hydrogen-bond acceptors (Lipinski definition) is 4. The molecule has 2 aromatic rings. The van der Waals surface area contributed by atoms with Crippen molar-refractivity contribution in [3.8, 4) is 22.6 Å². The summed E-state index contributed by atoms with van der Waals surface area (Å²) in [5.41, 5.74) is 1.03. The van der Waals surface area contributed by atoms with E-state index < -0.39 is 5.63 Å². The van der Waals surface area contributed by atoms with Gasteiger partial charge >= 0.3 is 5.63 Å². The third kappa shape index (κ3) is 1.87. The van der Waals surface area contributed by atoms with E-state index in [1.54, 1.807) is 18.2 Å². The smallest absolute Gasteiger partial charge is 0.337 e. The van der Waals surface area contributed by atoms with E-state index in [1.807, 2.05) is 6.07 Å². The molecule has 0 bridgehead atoms. The summed E-state index contributed by atoms with van der Waals surface area (Å²) < 4.78 is 15.2. The lowest BCUT2D eigenvalue weighted by Gasteiger charge is -2.02. The molecule has 2 heterocycles. The van der Waals surface area contributed by atoms with Crippen LogP contribution in [0.15, 0.2) is 39.5 Å². The maximum atomic E-state index is 11.2. The summed E-state index contributed by atoms with van der Waals surface area (Å²) in [5, 5.41) is 0.0603. The van der Waals surface area contributed by atoms with Crippen LogP contribution in [0, 0.1) is 0 Å². The zero-order valence-electron chi connectivity index (χ0n) is 8.60. The molecule has 1 aromatic carbocycles. The van der Waals surface area contributed by atoms with Crippen molar-refractivity contribution >= 4 is 11.6 Å². The second kappa shape index (κ2) is 3.82. The van der Waals surface area contributed by atoms with Crippen molar-refractivity contribution < 1.29 is 13.9 Å². The summed E-state index contributed by atoms with van der Waals surface area (Å²) in [4.78, 5) is 11.2. The highest BCUT2D eigenvalue weighted by Crippen LogP contribution is 2.35. The molecule has 0 N–H and O–H groups in total. The lowest BCUT2D eigenvalue weighted by molar-refractivity contribution is 0.174. The van der Waals surface area contributed by atoms with Crippen molar-refractivity contribution in [2.24, 2.45) is 0 Å². The van der Waals surface area contributed by atoms with Crippen LogP contribution in [0.5, 0.6) is 11.5 Å². The Balaban J connectivity index is 2.12. The molecule has 3 rings (SSSR count). The summed E-state index contributed by atoms with van der Waals surface area (Å²) in [6.45, 7) is 0.219. The Labute approximate surface area is 101 Å². The number of benzene rings is 1. The first-order valence-corrected chi connectivity index (χ1v) is 5.31.